The lowest BCUT2D eigenvalue weighted by atomic mass is 10.1. The molecule has 0 aromatic carbocycles. The van der Waals surface area contributed by atoms with Gasteiger partial charge >= 0.3 is 5.97 Å². The zero-order valence-corrected chi connectivity index (χ0v) is 10.6. The number of rotatable bonds is 2. The molecular formula is C12H9BrN2O2. The molecule has 4 nitrogen and oxygen atoms in total. The fourth-order valence-electron chi connectivity index (χ4n) is 1.43. The fraction of sp³-hybridized carbons (Fsp3) is 0.0833. The van der Waals surface area contributed by atoms with E-state index >= 15 is 0 Å². The average molecular weight is 293 g/mol. The highest BCUT2D eigenvalue weighted by Gasteiger charge is 2.13. The SMILES string of the molecule is COC(=O)c1cnccc1-c1ccc(Br)cn1. The molecule has 2 aromatic heterocycles. The second-order valence-corrected chi connectivity index (χ2v) is 4.19. The summed E-state index contributed by atoms with van der Waals surface area (Å²) in [5, 5.41) is 0. The summed E-state index contributed by atoms with van der Waals surface area (Å²) < 4.78 is 5.59. The molecule has 0 aliphatic heterocycles. The van der Waals surface area contributed by atoms with Gasteiger partial charge in [-0.25, -0.2) is 4.79 Å². The van der Waals surface area contributed by atoms with Gasteiger partial charge < -0.3 is 4.74 Å². The number of nitrogens with zero attached hydrogens (tertiary/aromatic N) is 2. The van der Waals surface area contributed by atoms with E-state index in [4.69, 9.17) is 4.74 Å². The zero-order chi connectivity index (χ0) is 12.3. The van der Waals surface area contributed by atoms with Crippen LogP contribution in [0.25, 0.3) is 11.3 Å². The first kappa shape index (κ1) is 11.7. The van der Waals surface area contributed by atoms with Crippen molar-refractivity contribution in [2.24, 2.45) is 0 Å². The summed E-state index contributed by atoms with van der Waals surface area (Å²) in [4.78, 5) is 19.7. The normalized spacial score (nSPS) is 10.0. The molecule has 0 saturated carbocycles. The third-order valence-corrected chi connectivity index (χ3v) is 2.70. The van der Waals surface area contributed by atoms with E-state index in [0.717, 1.165) is 4.47 Å². The molecule has 17 heavy (non-hydrogen) atoms. The lowest BCUT2D eigenvalue weighted by Crippen LogP contribution is -2.04. The fourth-order valence-corrected chi connectivity index (χ4v) is 1.66. The van der Waals surface area contributed by atoms with Gasteiger partial charge in [-0.3, -0.25) is 9.97 Å². The number of carbonyl (C=O) groups is 1. The maximum atomic E-state index is 11.6. The van der Waals surface area contributed by atoms with Gasteiger partial charge in [0.15, 0.2) is 0 Å². The third kappa shape index (κ3) is 2.50. The average Bonchev–Trinajstić information content (AvgIpc) is 2.39. The Balaban J connectivity index is 2.51. The number of methoxy groups -OCH3 is 1. The Bertz CT molecular complexity index is 540. The molecule has 2 aromatic rings. The highest BCUT2D eigenvalue weighted by atomic mass is 79.9. The number of carbonyl (C=O) groups excluding carboxylic acids is 1. The molecular weight excluding hydrogens is 284 g/mol. The first-order valence-electron chi connectivity index (χ1n) is 4.86. The van der Waals surface area contributed by atoms with Crippen molar-refractivity contribution in [2.75, 3.05) is 7.11 Å². The van der Waals surface area contributed by atoms with E-state index in [1.54, 1.807) is 18.5 Å². The summed E-state index contributed by atoms with van der Waals surface area (Å²) in [6, 6.07) is 5.43. The lowest BCUT2D eigenvalue weighted by molar-refractivity contribution is 0.0601. The molecule has 86 valence electrons. The molecule has 0 saturated heterocycles. The van der Waals surface area contributed by atoms with Crippen molar-refractivity contribution < 1.29 is 9.53 Å². The van der Waals surface area contributed by atoms with E-state index in [9.17, 15) is 4.79 Å². The monoisotopic (exact) mass is 292 g/mol. The van der Waals surface area contributed by atoms with Gasteiger partial charge in [0.05, 0.1) is 18.4 Å². The quantitative estimate of drug-likeness (QED) is 0.799. The van der Waals surface area contributed by atoms with E-state index in [0.29, 0.717) is 16.8 Å². The number of halogens is 1. The van der Waals surface area contributed by atoms with Crippen molar-refractivity contribution in [3.05, 3.63) is 46.8 Å². The maximum absolute atomic E-state index is 11.6. The summed E-state index contributed by atoms with van der Waals surface area (Å²) in [5.74, 6) is -0.419. The number of aromatic nitrogens is 2. The molecule has 2 heterocycles. The van der Waals surface area contributed by atoms with Gasteiger partial charge in [-0.15, -0.1) is 0 Å². The van der Waals surface area contributed by atoms with E-state index in [1.165, 1.54) is 13.3 Å². The van der Waals surface area contributed by atoms with E-state index in [2.05, 4.69) is 25.9 Å². The number of esters is 1. The number of ether oxygens (including phenoxy) is 1. The second kappa shape index (κ2) is 5.05. The molecule has 0 aliphatic rings. The molecule has 2 rings (SSSR count). The molecule has 0 fully saturated rings. The van der Waals surface area contributed by atoms with Gasteiger partial charge in [0.25, 0.3) is 0 Å². The molecule has 0 bridgehead atoms. The maximum Gasteiger partial charge on any atom is 0.340 e. The Morgan fingerprint density at radius 3 is 2.76 bits per heavy atom. The molecule has 0 unspecified atom stereocenters. The third-order valence-electron chi connectivity index (χ3n) is 2.23. The molecule has 0 amide bonds. The largest absolute Gasteiger partial charge is 0.465 e. The van der Waals surface area contributed by atoms with Crippen molar-refractivity contribution in [1.82, 2.24) is 9.97 Å². The number of hydrogen-bond acceptors (Lipinski definition) is 4. The molecule has 0 radical (unpaired) electrons. The summed E-state index contributed by atoms with van der Waals surface area (Å²) >= 11 is 3.31. The van der Waals surface area contributed by atoms with Crippen LogP contribution >= 0.6 is 15.9 Å². The van der Waals surface area contributed by atoms with Crippen LogP contribution in [-0.4, -0.2) is 23.0 Å². The van der Waals surface area contributed by atoms with E-state index in [1.807, 2.05) is 12.1 Å². The predicted molar refractivity (Wildman–Crippen MR) is 66.5 cm³/mol. The predicted octanol–water partition coefficient (Wildman–Crippen LogP) is 2.69. The standard InChI is InChI=1S/C12H9BrN2O2/c1-17-12(16)10-7-14-5-4-9(10)11-3-2-8(13)6-15-11/h2-7H,1H3. The minimum absolute atomic E-state index is 0.407. The van der Waals surface area contributed by atoms with Crippen molar-refractivity contribution in [1.29, 1.82) is 0 Å². The van der Waals surface area contributed by atoms with Crippen LogP contribution in [0, 0.1) is 0 Å². The first-order valence-corrected chi connectivity index (χ1v) is 5.66. The van der Waals surface area contributed by atoms with Crippen LogP contribution in [-0.2, 0) is 4.74 Å². The van der Waals surface area contributed by atoms with Gasteiger partial charge in [0.1, 0.15) is 0 Å². The Kier molecular flexibility index (Phi) is 3.49. The van der Waals surface area contributed by atoms with E-state index in [-0.39, 0.29) is 0 Å². The van der Waals surface area contributed by atoms with Crippen LogP contribution in [0.15, 0.2) is 41.3 Å². The van der Waals surface area contributed by atoms with Gasteiger partial charge in [-0.05, 0) is 34.1 Å². The van der Waals surface area contributed by atoms with E-state index < -0.39 is 5.97 Å². The highest BCUT2D eigenvalue weighted by Crippen LogP contribution is 2.22. The van der Waals surface area contributed by atoms with Crippen LogP contribution in [0.5, 0.6) is 0 Å². The lowest BCUT2D eigenvalue weighted by Gasteiger charge is -2.06. The highest BCUT2D eigenvalue weighted by molar-refractivity contribution is 9.10. The van der Waals surface area contributed by atoms with Gasteiger partial charge in [-0.1, -0.05) is 0 Å². The zero-order valence-electron chi connectivity index (χ0n) is 9.05. The van der Waals surface area contributed by atoms with Crippen LogP contribution in [0.3, 0.4) is 0 Å². The molecule has 5 heteroatoms. The van der Waals surface area contributed by atoms with Crippen molar-refractivity contribution in [3.63, 3.8) is 0 Å². The smallest absolute Gasteiger partial charge is 0.340 e. The molecule has 0 atom stereocenters. The Hall–Kier alpha value is -1.75. The Morgan fingerprint density at radius 2 is 2.12 bits per heavy atom. The van der Waals surface area contributed by atoms with Crippen LogP contribution in [0.1, 0.15) is 10.4 Å². The number of pyridine rings is 2. The van der Waals surface area contributed by atoms with Gasteiger partial charge in [-0.2, -0.15) is 0 Å². The van der Waals surface area contributed by atoms with Crippen molar-refractivity contribution in [2.45, 2.75) is 0 Å². The van der Waals surface area contributed by atoms with Crippen molar-refractivity contribution >= 4 is 21.9 Å². The van der Waals surface area contributed by atoms with Crippen LogP contribution in [0.2, 0.25) is 0 Å². The van der Waals surface area contributed by atoms with Crippen LogP contribution < -0.4 is 0 Å². The second-order valence-electron chi connectivity index (χ2n) is 3.27. The number of hydrogen-bond donors (Lipinski definition) is 0. The summed E-state index contributed by atoms with van der Waals surface area (Å²) in [5.41, 5.74) is 1.82. The summed E-state index contributed by atoms with van der Waals surface area (Å²) in [6.45, 7) is 0. The van der Waals surface area contributed by atoms with Gasteiger partial charge in [0.2, 0.25) is 0 Å². The van der Waals surface area contributed by atoms with Crippen molar-refractivity contribution in [3.8, 4) is 11.3 Å². The first-order chi connectivity index (χ1) is 8.22. The summed E-state index contributed by atoms with van der Waals surface area (Å²) in [6.07, 6.45) is 4.77. The molecule has 0 spiro atoms. The van der Waals surface area contributed by atoms with Gasteiger partial charge in [0, 0.05) is 28.6 Å². The molecule has 0 N–H and O–H groups in total. The minimum Gasteiger partial charge on any atom is -0.465 e. The minimum atomic E-state index is -0.419. The molecule has 0 aliphatic carbocycles. The Labute approximate surface area is 107 Å². The summed E-state index contributed by atoms with van der Waals surface area (Å²) in [7, 11) is 1.34. The topological polar surface area (TPSA) is 52.1 Å². The Morgan fingerprint density at radius 1 is 1.29 bits per heavy atom. The van der Waals surface area contributed by atoms with Crippen LogP contribution in [0.4, 0.5) is 0 Å².